The third-order valence-corrected chi connectivity index (χ3v) is 3.24. The van der Waals surface area contributed by atoms with Crippen LogP contribution in [-0.2, 0) is 0 Å². The van der Waals surface area contributed by atoms with Gasteiger partial charge in [0.15, 0.2) is 0 Å². The van der Waals surface area contributed by atoms with Crippen molar-refractivity contribution in [2.24, 2.45) is 5.92 Å². The third-order valence-electron chi connectivity index (χ3n) is 3.24. The molecule has 1 nitrogen and oxygen atoms in total. The molecule has 15 heavy (non-hydrogen) atoms. The lowest BCUT2D eigenvalue weighted by molar-refractivity contribution is 0.269. The van der Waals surface area contributed by atoms with Gasteiger partial charge in [0.2, 0.25) is 0 Å². The minimum atomic E-state index is -0.141. The highest BCUT2D eigenvalue weighted by Gasteiger charge is 2.31. The summed E-state index contributed by atoms with van der Waals surface area (Å²) < 4.78 is 13.1. The van der Waals surface area contributed by atoms with E-state index >= 15 is 0 Å². The summed E-state index contributed by atoms with van der Waals surface area (Å²) >= 11 is 0. The number of aryl methyl sites for hydroxylation is 1. The number of benzene rings is 1. The summed E-state index contributed by atoms with van der Waals surface area (Å²) in [7, 11) is 0. The fourth-order valence-electron chi connectivity index (χ4n) is 2.21. The van der Waals surface area contributed by atoms with E-state index in [1.54, 1.807) is 6.92 Å². The molecule has 2 heteroatoms. The Balaban J connectivity index is 2.21. The normalized spacial score (nSPS) is 17.8. The molecule has 1 aliphatic rings. The van der Waals surface area contributed by atoms with Crippen molar-refractivity contribution >= 4 is 0 Å². The maximum Gasteiger partial charge on any atom is 0.126 e. The van der Waals surface area contributed by atoms with Gasteiger partial charge in [0.25, 0.3) is 0 Å². The van der Waals surface area contributed by atoms with E-state index in [0.717, 1.165) is 6.42 Å². The molecule has 0 saturated heterocycles. The van der Waals surface area contributed by atoms with Gasteiger partial charge in [-0.05, 0) is 55.2 Å². The molecule has 1 aromatic carbocycles. The third kappa shape index (κ3) is 2.37. The van der Waals surface area contributed by atoms with E-state index in [0.29, 0.717) is 17.4 Å². The van der Waals surface area contributed by atoms with Gasteiger partial charge in [-0.2, -0.15) is 0 Å². The first-order valence-electron chi connectivity index (χ1n) is 5.59. The minimum absolute atomic E-state index is 0.141. The summed E-state index contributed by atoms with van der Waals surface area (Å²) in [6.07, 6.45) is 3.30. The Bertz CT molecular complexity index is 344. The topological polar surface area (TPSA) is 20.2 Å². The van der Waals surface area contributed by atoms with Crippen LogP contribution in [0.25, 0.3) is 0 Å². The van der Waals surface area contributed by atoms with Crippen LogP contribution in [0.1, 0.15) is 36.3 Å². The summed E-state index contributed by atoms with van der Waals surface area (Å²) in [6, 6.07) is 5.33. The van der Waals surface area contributed by atoms with Crippen molar-refractivity contribution in [1.82, 2.24) is 0 Å². The lowest BCUT2D eigenvalue weighted by Gasteiger charge is -2.16. The van der Waals surface area contributed by atoms with E-state index in [4.69, 9.17) is 5.11 Å². The predicted octanol–water partition coefficient (Wildman–Crippen LogP) is 3.01. The van der Waals surface area contributed by atoms with Crippen LogP contribution in [0, 0.1) is 18.7 Å². The van der Waals surface area contributed by atoms with Gasteiger partial charge in [0.05, 0.1) is 0 Å². The molecule has 1 unspecified atom stereocenters. The molecule has 1 fully saturated rings. The molecule has 1 N–H and O–H groups in total. The zero-order valence-electron chi connectivity index (χ0n) is 9.04. The lowest BCUT2D eigenvalue weighted by atomic mass is 9.90. The van der Waals surface area contributed by atoms with Gasteiger partial charge in [-0.25, -0.2) is 4.39 Å². The van der Waals surface area contributed by atoms with Gasteiger partial charge in [0.1, 0.15) is 5.82 Å². The second-order valence-electron chi connectivity index (χ2n) is 4.46. The molecule has 0 aliphatic heterocycles. The van der Waals surface area contributed by atoms with Crippen molar-refractivity contribution in [2.45, 2.75) is 32.1 Å². The van der Waals surface area contributed by atoms with Gasteiger partial charge in [-0.3, -0.25) is 0 Å². The first kappa shape index (κ1) is 10.6. The van der Waals surface area contributed by atoms with Crippen LogP contribution in [-0.4, -0.2) is 11.7 Å². The predicted molar refractivity (Wildman–Crippen MR) is 58.3 cm³/mol. The van der Waals surface area contributed by atoms with Gasteiger partial charge in [-0.1, -0.05) is 12.1 Å². The van der Waals surface area contributed by atoms with Crippen molar-refractivity contribution < 1.29 is 9.50 Å². The summed E-state index contributed by atoms with van der Waals surface area (Å²) in [5.74, 6) is 0.994. The van der Waals surface area contributed by atoms with Crippen molar-refractivity contribution in [2.75, 3.05) is 6.61 Å². The number of rotatable bonds is 4. The summed E-state index contributed by atoms with van der Waals surface area (Å²) in [6.45, 7) is 2.01. The second kappa shape index (κ2) is 4.31. The number of hydrogen-bond donors (Lipinski definition) is 1. The van der Waals surface area contributed by atoms with Crippen molar-refractivity contribution in [3.63, 3.8) is 0 Å². The molecule has 2 rings (SSSR count). The zero-order chi connectivity index (χ0) is 10.8. The number of halogens is 1. The van der Waals surface area contributed by atoms with E-state index in [1.165, 1.54) is 24.5 Å². The van der Waals surface area contributed by atoms with E-state index in [2.05, 4.69) is 0 Å². The fourth-order valence-corrected chi connectivity index (χ4v) is 2.21. The molecule has 1 saturated carbocycles. The number of hydrogen-bond acceptors (Lipinski definition) is 1. The van der Waals surface area contributed by atoms with Gasteiger partial charge >= 0.3 is 0 Å². The van der Waals surface area contributed by atoms with Crippen LogP contribution < -0.4 is 0 Å². The van der Waals surface area contributed by atoms with E-state index in [9.17, 15) is 4.39 Å². The standard InChI is InChI=1S/C13H17FO/c1-9-8-11(4-5-13(9)14)12(6-7-15)10-2-3-10/h4-5,8,10,12,15H,2-3,6-7H2,1H3. The molecule has 0 spiro atoms. The average molecular weight is 208 g/mol. The highest BCUT2D eigenvalue weighted by Crippen LogP contribution is 2.44. The largest absolute Gasteiger partial charge is 0.396 e. The molecule has 82 valence electrons. The minimum Gasteiger partial charge on any atom is -0.396 e. The quantitative estimate of drug-likeness (QED) is 0.806. The molecule has 0 aromatic heterocycles. The first-order chi connectivity index (χ1) is 7.22. The molecular weight excluding hydrogens is 191 g/mol. The molecule has 0 radical (unpaired) electrons. The Morgan fingerprint density at radius 2 is 2.20 bits per heavy atom. The first-order valence-corrected chi connectivity index (χ1v) is 5.59. The highest BCUT2D eigenvalue weighted by molar-refractivity contribution is 5.28. The van der Waals surface area contributed by atoms with Crippen LogP contribution in [0.5, 0.6) is 0 Å². The number of aliphatic hydroxyl groups is 1. The molecule has 1 aromatic rings. The van der Waals surface area contributed by atoms with Crippen LogP contribution in [0.3, 0.4) is 0 Å². The van der Waals surface area contributed by atoms with Gasteiger partial charge < -0.3 is 5.11 Å². The smallest absolute Gasteiger partial charge is 0.126 e. The Hall–Kier alpha value is -0.890. The zero-order valence-corrected chi connectivity index (χ0v) is 9.04. The van der Waals surface area contributed by atoms with Gasteiger partial charge in [0, 0.05) is 6.61 Å². The Kier molecular flexibility index (Phi) is 3.06. The summed E-state index contributed by atoms with van der Waals surface area (Å²) in [5, 5.41) is 9.02. The Labute approximate surface area is 89.9 Å². The molecule has 1 atom stereocenters. The molecule has 0 heterocycles. The lowest BCUT2D eigenvalue weighted by Crippen LogP contribution is -2.04. The van der Waals surface area contributed by atoms with Crippen LogP contribution in [0.4, 0.5) is 4.39 Å². The van der Waals surface area contributed by atoms with Crippen LogP contribution in [0.2, 0.25) is 0 Å². The van der Waals surface area contributed by atoms with Crippen LogP contribution in [0.15, 0.2) is 18.2 Å². The second-order valence-corrected chi connectivity index (χ2v) is 4.46. The Morgan fingerprint density at radius 3 is 2.73 bits per heavy atom. The highest BCUT2D eigenvalue weighted by atomic mass is 19.1. The van der Waals surface area contributed by atoms with E-state index in [-0.39, 0.29) is 12.4 Å². The maximum absolute atomic E-state index is 13.1. The SMILES string of the molecule is Cc1cc(C(CCO)C2CC2)ccc1F. The van der Waals surface area contributed by atoms with E-state index < -0.39 is 0 Å². The van der Waals surface area contributed by atoms with Crippen LogP contribution >= 0.6 is 0 Å². The van der Waals surface area contributed by atoms with Crippen molar-refractivity contribution in [3.05, 3.63) is 35.1 Å². The summed E-state index contributed by atoms with van der Waals surface area (Å²) in [5.41, 5.74) is 1.89. The Morgan fingerprint density at radius 1 is 1.47 bits per heavy atom. The monoisotopic (exact) mass is 208 g/mol. The molecular formula is C13H17FO. The number of aliphatic hydroxyl groups excluding tert-OH is 1. The average Bonchev–Trinajstić information content (AvgIpc) is 3.02. The van der Waals surface area contributed by atoms with Crippen molar-refractivity contribution in [3.8, 4) is 0 Å². The maximum atomic E-state index is 13.1. The van der Waals surface area contributed by atoms with Gasteiger partial charge in [-0.15, -0.1) is 0 Å². The van der Waals surface area contributed by atoms with E-state index in [1.807, 2.05) is 12.1 Å². The molecule has 0 amide bonds. The molecule has 1 aliphatic carbocycles. The fraction of sp³-hybridized carbons (Fsp3) is 0.538. The summed E-state index contributed by atoms with van der Waals surface area (Å²) in [4.78, 5) is 0. The van der Waals surface area contributed by atoms with Crippen molar-refractivity contribution in [1.29, 1.82) is 0 Å². The molecule has 0 bridgehead atoms.